The number of thioether (sulfide) groups is 1. The molecule has 0 aliphatic rings. The topological polar surface area (TPSA) is 77.0 Å². The first kappa shape index (κ1) is 20.5. The number of benzene rings is 2. The van der Waals surface area contributed by atoms with Crippen LogP contribution in [0.5, 0.6) is 5.75 Å². The van der Waals surface area contributed by atoms with Gasteiger partial charge in [0.2, 0.25) is 5.91 Å². The van der Waals surface area contributed by atoms with E-state index < -0.39 is 5.25 Å². The van der Waals surface area contributed by atoms with E-state index in [1.54, 1.807) is 7.11 Å². The number of amides is 1. The monoisotopic (exact) mass is 454 g/mol. The number of methoxy groups -OCH3 is 1. The maximum Gasteiger partial charge on any atom is 0.244 e. The zero-order chi connectivity index (χ0) is 20.9. The van der Waals surface area contributed by atoms with Gasteiger partial charge in [0.25, 0.3) is 0 Å². The summed E-state index contributed by atoms with van der Waals surface area (Å²) in [7, 11) is 1.63. The molecule has 2 aromatic heterocycles. The largest absolute Gasteiger partial charge is 0.497 e. The van der Waals surface area contributed by atoms with Crippen LogP contribution in [0.3, 0.4) is 0 Å². The summed E-state index contributed by atoms with van der Waals surface area (Å²) in [6, 6.07) is 17.3. The molecule has 0 bridgehead atoms. The predicted molar refractivity (Wildman–Crippen MR) is 122 cm³/mol. The van der Waals surface area contributed by atoms with Crippen molar-refractivity contribution >= 4 is 45.5 Å². The van der Waals surface area contributed by atoms with Crippen LogP contribution < -0.4 is 10.1 Å². The molecule has 1 amide bonds. The highest BCUT2D eigenvalue weighted by Gasteiger charge is 2.24. The van der Waals surface area contributed by atoms with Gasteiger partial charge < -0.3 is 10.1 Å². The number of rotatable bonds is 7. The highest BCUT2D eigenvalue weighted by atomic mass is 32.2. The van der Waals surface area contributed by atoms with Crippen molar-refractivity contribution in [1.82, 2.24) is 15.2 Å². The number of aromatic nitrogens is 3. The summed E-state index contributed by atoms with van der Waals surface area (Å²) in [6.07, 6.45) is 0. The predicted octanol–water partition coefficient (Wildman–Crippen LogP) is 5.45. The Kier molecular flexibility index (Phi) is 6.41. The number of aryl methyl sites for hydroxylation is 1. The van der Waals surface area contributed by atoms with E-state index in [9.17, 15) is 4.79 Å². The van der Waals surface area contributed by atoms with Crippen LogP contribution in [0.2, 0.25) is 0 Å². The Morgan fingerprint density at radius 1 is 1.10 bits per heavy atom. The van der Waals surface area contributed by atoms with Crippen LogP contribution in [0.25, 0.3) is 11.3 Å². The lowest BCUT2D eigenvalue weighted by molar-refractivity contribution is -0.115. The molecular weight excluding hydrogens is 436 g/mol. The van der Waals surface area contributed by atoms with E-state index in [0.717, 1.165) is 31.9 Å². The molecule has 4 aromatic rings. The van der Waals surface area contributed by atoms with Crippen LogP contribution in [-0.2, 0) is 4.79 Å². The van der Waals surface area contributed by atoms with E-state index in [4.69, 9.17) is 4.74 Å². The van der Waals surface area contributed by atoms with Gasteiger partial charge >= 0.3 is 0 Å². The summed E-state index contributed by atoms with van der Waals surface area (Å²) < 4.78 is 5.95. The van der Waals surface area contributed by atoms with Gasteiger partial charge in [0.15, 0.2) is 9.47 Å². The van der Waals surface area contributed by atoms with Gasteiger partial charge in [-0.1, -0.05) is 53.4 Å². The van der Waals surface area contributed by atoms with Crippen molar-refractivity contribution in [3.05, 3.63) is 70.5 Å². The Bertz CT molecular complexity index is 1130. The third-order valence-corrected chi connectivity index (χ3v) is 7.12. The number of anilines is 1. The van der Waals surface area contributed by atoms with E-state index in [0.29, 0.717) is 5.13 Å². The summed E-state index contributed by atoms with van der Waals surface area (Å²) in [6.45, 7) is 1.90. The number of carbonyl (C=O) groups is 1. The minimum absolute atomic E-state index is 0.144. The molecule has 9 heteroatoms. The van der Waals surface area contributed by atoms with Crippen molar-refractivity contribution in [3.63, 3.8) is 0 Å². The van der Waals surface area contributed by atoms with E-state index in [-0.39, 0.29) is 5.91 Å². The van der Waals surface area contributed by atoms with Crippen molar-refractivity contribution in [2.24, 2.45) is 0 Å². The van der Waals surface area contributed by atoms with Crippen LogP contribution in [0, 0.1) is 6.92 Å². The fourth-order valence-corrected chi connectivity index (χ4v) is 5.45. The Morgan fingerprint density at radius 3 is 2.53 bits per heavy atom. The first-order chi connectivity index (χ1) is 14.6. The van der Waals surface area contributed by atoms with Gasteiger partial charge in [-0.15, -0.1) is 21.5 Å². The molecule has 0 saturated carbocycles. The normalized spacial score (nSPS) is 11.8. The van der Waals surface area contributed by atoms with Crippen LogP contribution >= 0.6 is 34.4 Å². The molecule has 0 saturated heterocycles. The number of thiazole rings is 1. The Morgan fingerprint density at radius 2 is 1.87 bits per heavy atom. The number of nitrogens with one attached hydrogen (secondary N) is 1. The lowest BCUT2D eigenvalue weighted by atomic mass is 10.1. The van der Waals surface area contributed by atoms with Crippen molar-refractivity contribution in [3.8, 4) is 17.0 Å². The number of hydrogen-bond donors (Lipinski definition) is 1. The summed E-state index contributed by atoms with van der Waals surface area (Å²) in [5.41, 5.74) is 2.67. The standard InChI is InChI=1S/C21H18N4O2S3/c1-13-24-25-21(29-13)30-18(15-6-4-3-5-7-15)19(26)23-20-22-17(12-28-20)14-8-10-16(27-2)11-9-14/h3-12,18H,1-2H3,(H,22,23,26). The Hall–Kier alpha value is -2.75. The molecular formula is C21H18N4O2S3. The molecule has 152 valence electrons. The summed E-state index contributed by atoms with van der Waals surface area (Å²) in [5.74, 6) is 0.645. The van der Waals surface area contributed by atoms with Crippen LogP contribution in [0.4, 0.5) is 5.13 Å². The lowest BCUT2D eigenvalue weighted by Crippen LogP contribution is -2.18. The number of ether oxygens (including phenoxy) is 1. The van der Waals surface area contributed by atoms with Gasteiger partial charge in [-0.25, -0.2) is 4.98 Å². The fourth-order valence-electron chi connectivity index (χ4n) is 2.72. The second-order valence-corrected chi connectivity index (χ2v) is 9.64. The molecule has 6 nitrogen and oxygen atoms in total. The molecule has 30 heavy (non-hydrogen) atoms. The number of nitrogens with zero attached hydrogens (tertiary/aromatic N) is 3. The Labute approximate surface area is 186 Å². The molecule has 0 aliphatic carbocycles. The smallest absolute Gasteiger partial charge is 0.244 e. The van der Waals surface area contributed by atoms with Crippen molar-refractivity contribution in [1.29, 1.82) is 0 Å². The van der Waals surface area contributed by atoms with Gasteiger partial charge in [0.05, 0.1) is 12.8 Å². The number of carbonyl (C=O) groups excluding carboxylic acids is 1. The quantitative estimate of drug-likeness (QED) is 0.374. The maximum atomic E-state index is 13.1. The second kappa shape index (κ2) is 9.38. The maximum absolute atomic E-state index is 13.1. The summed E-state index contributed by atoms with van der Waals surface area (Å²) >= 11 is 4.27. The average molecular weight is 455 g/mol. The van der Waals surface area contributed by atoms with Gasteiger partial charge in [0, 0.05) is 10.9 Å². The SMILES string of the molecule is COc1ccc(-c2csc(NC(=O)C(Sc3nnc(C)s3)c3ccccc3)n2)cc1. The van der Waals surface area contributed by atoms with Crippen molar-refractivity contribution in [2.75, 3.05) is 12.4 Å². The molecule has 2 heterocycles. The zero-order valence-electron chi connectivity index (χ0n) is 16.2. The molecule has 1 unspecified atom stereocenters. The zero-order valence-corrected chi connectivity index (χ0v) is 18.7. The molecule has 2 aromatic carbocycles. The molecule has 0 fully saturated rings. The minimum Gasteiger partial charge on any atom is -0.497 e. The molecule has 0 aliphatic heterocycles. The second-order valence-electron chi connectivity index (χ2n) is 6.25. The van der Waals surface area contributed by atoms with Crippen LogP contribution in [0.1, 0.15) is 15.8 Å². The van der Waals surface area contributed by atoms with E-state index in [2.05, 4.69) is 20.5 Å². The van der Waals surface area contributed by atoms with Gasteiger partial charge in [-0.05, 0) is 36.8 Å². The van der Waals surface area contributed by atoms with Crippen LogP contribution in [0.15, 0.2) is 64.3 Å². The first-order valence-electron chi connectivity index (χ1n) is 9.05. The molecule has 4 rings (SSSR count). The fraction of sp³-hybridized carbons (Fsp3) is 0.143. The van der Waals surface area contributed by atoms with Crippen molar-refractivity contribution < 1.29 is 9.53 Å². The van der Waals surface area contributed by atoms with E-state index in [1.165, 1.54) is 34.4 Å². The third-order valence-electron chi connectivity index (χ3n) is 4.19. The minimum atomic E-state index is -0.452. The lowest BCUT2D eigenvalue weighted by Gasteiger charge is -2.14. The van der Waals surface area contributed by atoms with Gasteiger partial charge in [-0.3, -0.25) is 4.79 Å². The molecule has 0 spiro atoms. The van der Waals surface area contributed by atoms with Crippen molar-refractivity contribution in [2.45, 2.75) is 16.5 Å². The summed E-state index contributed by atoms with van der Waals surface area (Å²) in [5, 5.41) is 14.1. The Balaban J connectivity index is 1.53. The molecule has 1 N–H and O–H groups in total. The van der Waals surface area contributed by atoms with E-state index >= 15 is 0 Å². The first-order valence-corrected chi connectivity index (χ1v) is 11.6. The highest BCUT2D eigenvalue weighted by molar-refractivity contribution is 8.01. The van der Waals surface area contributed by atoms with Gasteiger partial charge in [0.1, 0.15) is 16.0 Å². The molecule has 1 atom stereocenters. The van der Waals surface area contributed by atoms with Gasteiger partial charge in [-0.2, -0.15) is 0 Å². The number of hydrogen-bond acceptors (Lipinski definition) is 8. The van der Waals surface area contributed by atoms with E-state index in [1.807, 2.05) is 66.9 Å². The average Bonchev–Trinajstić information content (AvgIpc) is 3.41. The third kappa shape index (κ3) is 4.86. The highest BCUT2D eigenvalue weighted by Crippen LogP contribution is 2.38. The van der Waals surface area contributed by atoms with Crippen LogP contribution in [-0.4, -0.2) is 28.2 Å². The molecule has 0 radical (unpaired) electrons. The summed E-state index contributed by atoms with van der Waals surface area (Å²) in [4.78, 5) is 17.7.